The maximum Gasteiger partial charge on any atom is 0.129 e. The Morgan fingerprint density at radius 3 is 2.93 bits per heavy atom. The maximum absolute atomic E-state index is 10.7. The first-order chi connectivity index (χ1) is 6.72. The van der Waals surface area contributed by atoms with E-state index in [0.29, 0.717) is 6.42 Å². The van der Waals surface area contributed by atoms with Crippen LogP contribution >= 0.6 is 11.3 Å². The molecule has 0 fully saturated rings. The number of hydrogen-bond donors (Lipinski definition) is 0. The number of carbonyl (C=O) groups is 1. The van der Waals surface area contributed by atoms with Crippen LogP contribution < -0.4 is 0 Å². The van der Waals surface area contributed by atoms with Gasteiger partial charge in [-0.1, -0.05) is 13.3 Å². The predicted molar refractivity (Wildman–Crippen MR) is 59.7 cm³/mol. The highest BCUT2D eigenvalue weighted by Crippen LogP contribution is 2.13. The molecule has 0 N–H and O–H groups in total. The summed E-state index contributed by atoms with van der Waals surface area (Å²) in [7, 11) is 0. The molecule has 1 heterocycles. The highest BCUT2D eigenvalue weighted by molar-refractivity contribution is 7.09. The Labute approximate surface area is 89.4 Å². The van der Waals surface area contributed by atoms with Crippen molar-refractivity contribution in [2.75, 3.05) is 0 Å². The molecule has 0 atom stereocenters. The zero-order valence-electron chi connectivity index (χ0n) is 8.88. The molecule has 0 amide bonds. The lowest BCUT2D eigenvalue weighted by Gasteiger charge is -1.93. The summed E-state index contributed by atoms with van der Waals surface area (Å²) >= 11 is 1.72. The first-order valence-corrected chi connectivity index (χ1v) is 6.03. The molecule has 1 rings (SSSR count). The van der Waals surface area contributed by atoms with Crippen molar-refractivity contribution in [2.24, 2.45) is 0 Å². The molecule has 14 heavy (non-hydrogen) atoms. The van der Waals surface area contributed by atoms with Crippen LogP contribution in [0.5, 0.6) is 0 Å². The fourth-order valence-electron chi connectivity index (χ4n) is 1.32. The molecule has 0 aliphatic heterocycles. The third kappa shape index (κ3) is 4.01. The van der Waals surface area contributed by atoms with Crippen molar-refractivity contribution < 1.29 is 4.79 Å². The fraction of sp³-hybridized carbons (Fsp3) is 0.636. The molecule has 0 spiro atoms. The van der Waals surface area contributed by atoms with Crippen molar-refractivity contribution in [3.63, 3.8) is 0 Å². The van der Waals surface area contributed by atoms with Gasteiger partial charge in [-0.25, -0.2) is 4.98 Å². The highest BCUT2D eigenvalue weighted by Gasteiger charge is 2.01. The average Bonchev–Trinajstić information content (AvgIpc) is 2.53. The van der Waals surface area contributed by atoms with Crippen LogP contribution in [0.2, 0.25) is 0 Å². The maximum atomic E-state index is 10.7. The largest absolute Gasteiger partial charge is 0.300 e. The molecule has 0 saturated heterocycles. The first-order valence-electron chi connectivity index (χ1n) is 5.15. The molecule has 0 unspecified atom stereocenters. The first kappa shape index (κ1) is 11.4. The van der Waals surface area contributed by atoms with Crippen LogP contribution in [0.4, 0.5) is 0 Å². The van der Waals surface area contributed by atoms with Crippen molar-refractivity contribution in [2.45, 2.75) is 46.0 Å². The number of hydrogen-bond acceptors (Lipinski definition) is 3. The van der Waals surface area contributed by atoms with Crippen molar-refractivity contribution in [3.8, 4) is 0 Å². The van der Waals surface area contributed by atoms with E-state index in [-0.39, 0.29) is 5.78 Å². The normalized spacial score (nSPS) is 10.4. The van der Waals surface area contributed by atoms with Gasteiger partial charge < -0.3 is 4.79 Å². The van der Waals surface area contributed by atoms with Crippen molar-refractivity contribution in [1.82, 2.24) is 4.98 Å². The number of carbonyl (C=O) groups excluding carboxylic acids is 1. The van der Waals surface area contributed by atoms with Gasteiger partial charge in [0.05, 0.1) is 10.7 Å². The molecule has 0 aliphatic rings. The minimum absolute atomic E-state index is 0.273. The summed E-state index contributed by atoms with van der Waals surface area (Å²) in [6.07, 6.45) is 4.80. The van der Waals surface area contributed by atoms with Crippen molar-refractivity contribution >= 4 is 17.1 Å². The van der Waals surface area contributed by atoms with Crippen LogP contribution in [0, 0.1) is 0 Å². The number of rotatable bonds is 6. The molecule has 1 aromatic rings. The van der Waals surface area contributed by atoms with Gasteiger partial charge in [-0.05, 0) is 26.2 Å². The highest BCUT2D eigenvalue weighted by atomic mass is 32.1. The van der Waals surface area contributed by atoms with E-state index in [2.05, 4.69) is 17.3 Å². The quantitative estimate of drug-likeness (QED) is 0.724. The molecular formula is C11H17NOS. The van der Waals surface area contributed by atoms with Gasteiger partial charge in [-0.3, -0.25) is 0 Å². The summed E-state index contributed by atoms with van der Waals surface area (Å²) in [6.45, 7) is 3.80. The zero-order chi connectivity index (χ0) is 10.4. The summed E-state index contributed by atoms with van der Waals surface area (Å²) in [5.74, 6) is 0.273. The lowest BCUT2D eigenvalue weighted by molar-refractivity contribution is -0.117. The molecule has 0 aliphatic carbocycles. The molecule has 0 radical (unpaired) electrons. The number of aromatic nitrogens is 1. The van der Waals surface area contributed by atoms with E-state index >= 15 is 0 Å². The number of ketones is 1. The summed E-state index contributed by atoms with van der Waals surface area (Å²) in [5, 5.41) is 3.31. The molecule has 3 heteroatoms. The zero-order valence-corrected chi connectivity index (χ0v) is 9.69. The molecule has 0 saturated carbocycles. The Hall–Kier alpha value is -0.700. The monoisotopic (exact) mass is 211 g/mol. The van der Waals surface area contributed by atoms with Crippen LogP contribution in [0.3, 0.4) is 0 Å². The van der Waals surface area contributed by atoms with Crippen LogP contribution in [-0.4, -0.2) is 10.8 Å². The number of aryl methyl sites for hydroxylation is 2. The second kappa shape index (κ2) is 5.91. The van der Waals surface area contributed by atoms with E-state index < -0.39 is 0 Å². The third-order valence-electron chi connectivity index (χ3n) is 2.02. The van der Waals surface area contributed by atoms with Gasteiger partial charge in [0.2, 0.25) is 0 Å². The summed E-state index contributed by atoms with van der Waals surface area (Å²) in [5.41, 5.74) is 1.20. The number of thiazole rings is 1. The third-order valence-corrected chi connectivity index (χ3v) is 2.98. The Balaban J connectivity index is 2.32. The topological polar surface area (TPSA) is 30.0 Å². The average molecular weight is 211 g/mol. The van der Waals surface area contributed by atoms with E-state index in [9.17, 15) is 4.79 Å². The number of Topliss-reactive ketones (excluding diaryl/α,β-unsaturated/α-hetero) is 1. The van der Waals surface area contributed by atoms with Crippen LogP contribution in [0.1, 0.15) is 43.8 Å². The summed E-state index contributed by atoms with van der Waals surface area (Å²) in [6, 6.07) is 0. The molecule has 78 valence electrons. The fourth-order valence-corrected chi connectivity index (χ4v) is 2.20. The van der Waals surface area contributed by atoms with E-state index in [1.807, 2.05) is 0 Å². The van der Waals surface area contributed by atoms with Gasteiger partial charge in [0, 0.05) is 11.8 Å². The summed E-state index contributed by atoms with van der Waals surface area (Å²) in [4.78, 5) is 15.2. The van der Waals surface area contributed by atoms with E-state index in [4.69, 9.17) is 0 Å². The van der Waals surface area contributed by atoms with Crippen molar-refractivity contribution in [1.29, 1.82) is 0 Å². The minimum Gasteiger partial charge on any atom is -0.300 e. The van der Waals surface area contributed by atoms with Gasteiger partial charge in [0.25, 0.3) is 0 Å². The van der Waals surface area contributed by atoms with Gasteiger partial charge in [-0.2, -0.15) is 0 Å². The smallest absolute Gasteiger partial charge is 0.129 e. The van der Waals surface area contributed by atoms with Gasteiger partial charge in [0.15, 0.2) is 0 Å². The van der Waals surface area contributed by atoms with Crippen molar-refractivity contribution in [3.05, 3.63) is 16.1 Å². The SMILES string of the molecule is CCCc1csc(CCCC(C)=O)n1. The van der Waals surface area contributed by atoms with Crippen LogP contribution in [-0.2, 0) is 17.6 Å². The molecule has 2 nitrogen and oxygen atoms in total. The lowest BCUT2D eigenvalue weighted by atomic mass is 10.2. The summed E-state index contributed by atoms with van der Waals surface area (Å²) < 4.78 is 0. The Bertz CT molecular complexity index is 293. The Morgan fingerprint density at radius 1 is 1.50 bits per heavy atom. The van der Waals surface area contributed by atoms with Crippen LogP contribution in [0.25, 0.3) is 0 Å². The molecule has 1 aromatic heterocycles. The van der Waals surface area contributed by atoms with E-state index in [1.165, 1.54) is 10.7 Å². The van der Waals surface area contributed by atoms with Crippen LogP contribution in [0.15, 0.2) is 5.38 Å². The van der Waals surface area contributed by atoms with E-state index in [1.54, 1.807) is 18.3 Å². The van der Waals surface area contributed by atoms with E-state index in [0.717, 1.165) is 25.7 Å². The second-order valence-corrected chi connectivity index (χ2v) is 4.48. The predicted octanol–water partition coefficient (Wildman–Crippen LogP) is 3.01. The second-order valence-electron chi connectivity index (χ2n) is 3.54. The van der Waals surface area contributed by atoms with Gasteiger partial charge >= 0.3 is 0 Å². The Morgan fingerprint density at radius 2 is 2.29 bits per heavy atom. The van der Waals surface area contributed by atoms with Gasteiger partial charge in [0.1, 0.15) is 5.78 Å². The van der Waals surface area contributed by atoms with Gasteiger partial charge in [-0.15, -0.1) is 11.3 Å². The standard InChI is InChI=1S/C11H17NOS/c1-3-5-10-8-14-11(12-10)7-4-6-9(2)13/h8H,3-7H2,1-2H3. The molecular weight excluding hydrogens is 194 g/mol. The molecule has 0 bridgehead atoms. The lowest BCUT2D eigenvalue weighted by Crippen LogP contribution is -1.92. The minimum atomic E-state index is 0.273. The molecule has 0 aromatic carbocycles. The number of nitrogens with zero attached hydrogens (tertiary/aromatic N) is 1. The Kier molecular flexibility index (Phi) is 4.80.